The van der Waals surface area contributed by atoms with Gasteiger partial charge in [-0.25, -0.2) is 0 Å². The number of nitrogens with one attached hydrogen (secondary N) is 1. The number of hydrogen-bond donors (Lipinski definition) is 1. The first-order valence-corrected chi connectivity index (χ1v) is 5.31. The van der Waals surface area contributed by atoms with E-state index in [1.807, 2.05) is 18.3 Å². The molecule has 0 radical (unpaired) electrons. The van der Waals surface area contributed by atoms with Gasteiger partial charge in [-0.1, -0.05) is 0 Å². The molecule has 0 unspecified atom stereocenters. The largest absolute Gasteiger partial charge is 0.495 e. The summed E-state index contributed by atoms with van der Waals surface area (Å²) in [4.78, 5) is 6.75. The predicted molar refractivity (Wildman–Crippen MR) is 58.9 cm³/mol. The lowest BCUT2D eigenvalue weighted by molar-refractivity contribution is 0.227. The van der Waals surface area contributed by atoms with Gasteiger partial charge in [-0.2, -0.15) is 0 Å². The first-order valence-electron chi connectivity index (χ1n) is 5.31. The van der Waals surface area contributed by atoms with Crippen molar-refractivity contribution in [3.05, 3.63) is 24.0 Å². The molecule has 82 valence electrons. The molecule has 4 heteroatoms. The normalized spacial score (nSPS) is 17.7. The summed E-state index contributed by atoms with van der Waals surface area (Å²) in [5.74, 6) is 0.885. The molecule has 4 nitrogen and oxygen atoms in total. The fraction of sp³-hybridized carbons (Fsp3) is 0.545. The molecule has 0 saturated carbocycles. The molecule has 0 spiro atoms. The van der Waals surface area contributed by atoms with Gasteiger partial charge in [-0.3, -0.25) is 9.88 Å². The zero-order valence-electron chi connectivity index (χ0n) is 9.07. The average molecular weight is 207 g/mol. The Morgan fingerprint density at radius 1 is 1.47 bits per heavy atom. The second kappa shape index (κ2) is 5.09. The minimum absolute atomic E-state index is 0.881. The molecule has 1 N–H and O–H groups in total. The van der Waals surface area contributed by atoms with E-state index in [1.165, 1.54) is 0 Å². The standard InChI is InChI=1S/C11H17N3O/c1-15-11-3-2-4-13-10(11)9-14-7-5-12-6-8-14/h2-4,12H,5-9H2,1H3. The smallest absolute Gasteiger partial charge is 0.141 e. The van der Waals surface area contributed by atoms with Crippen LogP contribution in [0, 0.1) is 0 Å². The molecule has 1 aromatic rings. The third kappa shape index (κ3) is 2.67. The molecular formula is C11H17N3O. The lowest BCUT2D eigenvalue weighted by Gasteiger charge is -2.27. The van der Waals surface area contributed by atoms with Crippen molar-refractivity contribution >= 4 is 0 Å². The van der Waals surface area contributed by atoms with Crippen molar-refractivity contribution in [3.63, 3.8) is 0 Å². The van der Waals surface area contributed by atoms with E-state index in [4.69, 9.17) is 4.74 Å². The van der Waals surface area contributed by atoms with Gasteiger partial charge in [-0.15, -0.1) is 0 Å². The number of rotatable bonds is 3. The van der Waals surface area contributed by atoms with Crippen LogP contribution in [-0.2, 0) is 6.54 Å². The van der Waals surface area contributed by atoms with Gasteiger partial charge in [-0.05, 0) is 12.1 Å². The highest BCUT2D eigenvalue weighted by Crippen LogP contribution is 2.16. The number of pyridine rings is 1. The number of nitrogens with zero attached hydrogens (tertiary/aromatic N) is 2. The monoisotopic (exact) mass is 207 g/mol. The third-order valence-electron chi connectivity index (χ3n) is 2.65. The molecule has 0 aromatic carbocycles. The zero-order chi connectivity index (χ0) is 10.5. The summed E-state index contributed by atoms with van der Waals surface area (Å²) in [6.07, 6.45) is 1.82. The molecule has 1 aliphatic heterocycles. The van der Waals surface area contributed by atoms with Crippen LogP contribution >= 0.6 is 0 Å². The van der Waals surface area contributed by atoms with E-state index in [0.29, 0.717) is 0 Å². The molecule has 2 heterocycles. The highest BCUT2D eigenvalue weighted by atomic mass is 16.5. The van der Waals surface area contributed by atoms with Crippen molar-refractivity contribution in [3.8, 4) is 5.75 Å². The van der Waals surface area contributed by atoms with Crippen LogP contribution in [0.15, 0.2) is 18.3 Å². The van der Waals surface area contributed by atoms with Crippen LogP contribution < -0.4 is 10.1 Å². The number of aromatic nitrogens is 1. The molecule has 0 bridgehead atoms. The SMILES string of the molecule is COc1cccnc1CN1CCNCC1. The van der Waals surface area contributed by atoms with Crippen molar-refractivity contribution in [2.24, 2.45) is 0 Å². The van der Waals surface area contributed by atoms with Gasteiger partial charge in [0.05, 0.1) is 12.8 Å². The first kappa shape index (κ1) is 10.4. The maximum Gasteiger partial charge on any atom is 0.141 e. The summed E-state index contributed by atoms with van der Waals surface area (Å²) in [6.45, 7) is 5.18. The van der Waals surface area contributed by atoms with Crippen LogP contribution in [0.25, 0.3) is 0 Å². The van der Waals surface area contributed by atoms with Gasteiger partial charge >= 0.3 is 0 Å². The Kier molecular flexibility index (Phi) is 3.53. The summed E-state index contributed by atoms with van der Waals surface area (Å²) in [5, 5.41) is 3.34. The molecule has 0 amide bonds. The van der Waals surface area contributed by atoms with Crippen LogP contribution in [0.1, 0.15) is 5.69 Å². The van der Waals surface area contributed by atoms with Crippen LogP contribution in [0.3, 0.4) is 0 Å². The van der Waals surface area contributed by atoms with Crippen LogP contribution in [0.2, 0.25) is 0 Å². The van der Waals surface area contributed by atoms with Gasteiger partial charge in [0.25, 0.3) is 0 Å². The van der Waals surface area contributed by atoms with E-state index >= 15 is 0 Å². The molecular weight excluding hydrogens is 190 g/mol. The Morgan fingerprint density at radius 2 is 2.27 bits per heavy atom. The molecule has 0 aliphatic carbocycles. The number of ether oxygens (including phenoxy) is 1. The Bertz CT molecular complexity index is 310. The van der Waals surface area contributed by atoms with Gasteiger partial charge in [0.2, 0.25) is 0 Å². The predicted octanol–water partition coefficient (Wildman–Crippen LogP) is 0.495. The van der Waals surface area contributed by atoms with E-state index < -0.39 is 0 Å². The van der Waals surface area contributed by atoms with E-state index in [-0.39, 0.29) is 0 Å². The zero-order valence-corrected chi connectivity index (χ0v) is 9.07. The van der Waals surface area contributed by atoms with E-state index in [0.717, 1.165) is 44.2 Å². The summed E-state index contributed by atoms with van der Waals surface area (Å²) in [6, 6.07) is 3.87. The maximum atomic E-state index is 5.28. The Balaban J connectivity index is 2.02. The quantitative estimate of drug-likeness (QED) is 0.783. The van der Waals surface area contributed by atoms with Crippen molar-refractivity contribution < 1.29 is 4.74 Å². The first-order chi connectivity index (χ1) is 7.40. The fourth-order valence-electron chi connectivity index (χ4n) is 1.81. The van der Waals surface area contributed by atoms with Crippen LogP contribution in [-0.4, -0.2) is 43.2 Å². The Hall–Kier alpha value is -1.13. The lowest BCUT2D eigenvalue weighted by atomic mass is 10.2. The topological polar surface area (TPSA) is 37.4 Å². The molecule has 15 heavy (non-hydrogen) atoms. The third-order valence-corrected chi connectivity index (χ3v) is 2.65. The van der Waals surface area contributed by atoms with E-state index in [2.05, 4.69) is 15.2 Å². The van der Waals surface area contributed by atoms with Gasteiger partial charge < -0.3 is 10.1 Å². The van der Waals surface area contributed by atoms with Crippen molar-refractivity contribution in [2.75, 3.05) is 33.3 Å². The van der Waals surface area contributed by atoms with Gasteiger partial charge in [0, 0.05) is 38.9 Å². The summed E-state index contributed by atoms with van der Waals surface area (Å²) < 4.78 is 5.28. The van der Waals surface area contributed by atoms with Crippen LogP contribution in [0.4, 0.5) is 0 Å². The van der Waals surface area contributed by atoms with Gasteiger partial charge in [0.15, 0.2) is 0 Å². The lowest BCUT2D eigenvalue weighted by Crippen LogP contribution is -2.43. The Labute approximate surface area is 90.3 Å². The molecule has 1 aliphatic rings. The van der Waals surface area contributed by atoms with Gasteiger partial charge in [0.1, 0.15) is 5.75 Å². The molecule has 1 aromatic heterocycles. The maximum absolute atomic E-state index is 5.28. The molecule has 0 atom stereocenters. The molecule has 2 rings (SSSR count). The minimum atomic E-state index is 0.881. The highest BCUT2D eigenvalue weighted by molar-refractivity contribution is 5.26. The average Bonchev–Trinajstić information content (AvgIpc) is 2.31. The van der Waals surface area contributed by atoms with Crippen molar-refractivity contribution in [2.45, 2.75) is 6.54 Å². The van der Waals surface area contributed by atoms with E-state index in [1.54, 1.807) is 7.11 Å². The highest BCUT2D eigenvalue weighted by Gasteiger charge is 2.12. The summed E-state index contributed by atoms with van der Waals surface area (Å²) in [5.41, 5.74) is 1.03. The minimum Gasteiger partial charge on any atom is -0.495 e. The van der Waals surface area contributed by atoms with E-state index in [9.17, 15) is 0 Å². The van der Waals surface area contributed by atoms with Crippen molar-refractivity contribution in [1.29, 1.82) is 0 Å². The number of hydrogen-bond acceptors (Lipinski definition) is 4. The van der Waals surface area contributed by atoms with Crippen molar-refractivity contribution in [1.82, 2.24) is 15.2 Å². The second-order valence-corrected chi connectivity index (χ2v) is 3.68. The summed E-state index contributed by atoms with van der Waals surface area (Å²) in [7, 11) is 1.69. The fourth-order valence-corrected chi connectivity index (χ4v) is 1.81. The molecule has 1 saturated heterocycles. The molecule has 1 fully saturated rings. The number of piperazine rings is 1. The number of methoxy groups -OCH3 is 1. The second-order valence-electron chi connectivity index (χ2n) is 3.68. The Morgan fingerprint density at radius 3 is 3.00 bits per heavy atom. The van der Waals surface area contributed by atoms with Crippen LogP contribution in [0.5, 0.6) is 5.75 Å². The summed E-state index contributed by atoms with van der Waals surface area (Å²) >= 11 is 0.